The second kappa shape index (κ2) is 6.86. The van der Waals surface area contributed by atoms with Crippen LogP contribution in [0.3, 0.4) is 0 Å². The summed E-state index contributed by atoms with van der Waals surface area (Å²) in [6.07, 6.45) is -0.362. The Labute approximate surface area is 140 Å². The van der Waals surface area contributed by atoms with E-state index in [4.69, 9.17) is 9.47 Å². The zero-order chi connectivity index (χ0) is 17.1. The van der Waals surface area contributed by atoms with Gasteiger partial charge in [-0.3, -0.25) is 14.7 Å². The monoisotopic (exact) mass is 328 g/mol. The van der Waals surface area contributed by atoms with Gasteiger partial charge in [-0.1, -0.05) is 18.2 Å². The van der Waals surface area contributed by atoms with Crippen LogP contribution in [-0.4, -0.2) is 35.2 Å². The number of hydrogen-bond donors (Lipinski definition) is 0. The van der Waals surface area contributed by atoms with Gasteiger partial charge >= 0.3 is 12.1 Å². The van der Waals surface area contributed by atoms with E-state index in [2.05, 4.69) is 4.98 Å². The zero-order valence-corrected chi connectivity index (χ0v) is 13.8. The maximum absolute atomic E-state index is 12.3. The first-order chi connectivity index (χ1) is 11.6. The molecule has 0 unspecified atom stereocenters. The first kappa shape index (κ1) is 16.2. The maximum atomic E-state index is 12.3. The van der Waals surface area contributed by atoms with Gasteiger partial charge in [-0.05, 0) is 31.5 Å². The predicted octanol–water partition coefficient (Wildman–Crippen LogP) is 3.20. The summed E-state index contributed by atoms with van der Waals surface area (Å²) in [7, 11) is 0. The highest BCUT2D eigenvalue weighted by atomic mass is 16.6. The van der Waals surface area contributed by atoms with Gasteiger partial charge in [-0.15, -0.1) is 0 Å². The van der Waals surface area contributed by atoms with E-state index in [1.807, 2.05) is 30.3 Å². The molecule has 0 saturated heterocycles. The van der Waals surface area contributed by atoms with Crippen molar-refractivity contribution < 1.29 is 19.1 Å². The SMILES string of the molecule is CCOC(=O)C[C@@H]1c2nc3ccccc3cc2CN1C(=O)OCC. The number of carbonyl (C=O) groups excluding carboxylic acids is 2. The Morgan fingerprint density at radius 3 is 2.71 bits per heavy atom. The number of ether oxygens (including phenoxy) is 2. The zero-order valence-electron chi connectivity index (χ0n) is 13.8. The molecular formula is C18H20N2O4. The van der Waals surface area contributed by atoms with Crippen molar-refractivity contribution >= 4 is 23.0 Å². The molecule has 126 valence electrons. The van der Waals surface area contributed by atoms with Crippen molar-refractivity contribution in [1.29, 1.82) is 0 Å². The molecule has 0 radical (unpaired) electrons. The summed E-state index contributed by atoms with van der Waals surface area (Å²) in [4.78, 5) is 30.5. The number of nitrogens with zero attached hydrogens (tertiary/aromatic N) is 2. The molecule has 6 heteroatoms. The predicted molar refractivity (Wildman–Crippen MR) is 88.3 cm³/mol. The minimum Gasteiger partial charge on any atom is -0.466 e. The van der Waals surface area contributed by atoms with Crippen LogP contribution in [0.15, 0.2) is 30.3 Å². The number of pyridine rings is 1. The average Bonchev–Trinajstić information content (AvgIpc) is 2.91. The molecule has 0 N–H and O–H groups in total. The van der Waals surface area contributed by atoms with Gasteiger partial charge in [0.25, 0.3) is 0 Å². The van der Waals surface area contributed by atoms with E-state index >= 15 is 0 Å². The van der Waals surface area contributed by atoms with Crippen molar-refractivity contribution in [1.82, 2.24) is 9.88 Å². The van der Waals surface area contributed by atoms with Crippen molar-refractivity contribution in [2.45, 2.75) is 32.9 Å². The van der Waals surface area contributed by atoms with Crippen LogP contribution in [0.1, 0.15) is 37.6 Å². The van der Waals surface area contributed by atoms with Crippen LogP contribution in [0.4, 0.5) is 4.79 Å². The number of fused-ring (bicyclic) bond motifs is 2. The van der Waals surface area contributed by atoms with Crippen LogP contribution < -0.4 is 0 Å². The number of benzene rings is 1. The Morgan fingerprint density at radius 2 is 1.96 bits per heavy atom. The van der Waals surface area contributed by atoms with E-state index in [1.165, 1.54) is 0 Å². The lowest BCUT2D eigenvalue weighted by Crippen LogP contribution is -2.32. The molecule has 3 rings (SSSR count). The minimum atomic E-state index is -0.456. The van der Waals surface area contributed by atoms with Crippen molar-refractivity contribution in [3.63, 3.8) is 0 Å². The van der Waals surface area contributed by atoms with Crippen LogP contribution in [0.2, 0.25) is 0 Å². The Morgan fingerprint density at radius 1 is 1.21 bits per heavy atom. The van der Waals surface area contributed by atoms with Gasteiger partial charge in [0.05, 0.1) is 43.4 Å². The second-order valence-electron chi connectivity index (χ2n) is 5.58. The number of amides is 1. The molecule has 0 fully saturated rings. The molecule has 2 aromatic rings. The summed E-state index contributed by atoms with van der Waals surface area (Å²) in [5.74, 6) is -0.348. The third-order valence-corrected chi connectivity index (χ3v) is 4.04. The van der Waals surface area contributed by atoms with Gasteiger partial charge in [0.1, 0.15) is 0 Å². The summed E-state index contributed by atoms with van der Waals surface area (Å²) in [5, 5.41) is 1.01. The average molecular weight is 328 g/mol. The molecular weight excluding hydrogens is 308 g/mol. The van der Waals surface area contributed by atoms with E-state index in [0.717, 1.165) is 22.2 Å². The summed E-state index contributed by atoms with van der Waals surface area (Å²) in [6.45, 7) is 4.50. The molecule has 1 aliphatic rings. The second-order valence-corrected chi connectivity index (χ2v) is 5.58. The quantitative estimate of drug-likeness (QED) is 0.806. The van der Waals surface area contributed by atoms with E-state index in [0.29, 0.717) is 13.2 Å². The van der Waals surface area contributed by atoms with Gasteiger partial charge in [0.15, 0.2) is 0 Å². The lowest BCUT2D eigenvalue weighted by molar-refractivity contribution is -0.144. The molecule has 0 bridgehead atoms. The fourth-order valence-corrected chi connectivity index (χ4v) is 3.01. The van der Waals surface area contributed by atoms with Crippen LogP contribution in [-0.2, 0) is 20.8 Å². The Hall–Kier alpha value is -2.63. The molecule has 0 saturated carbocycles. The van der Waals surface area contributed by atoms with Gasteiger partial charge < -0.3 is 9.47 Å². The molecule has 1 atom stereocenters. The fourth-order valence-electron chi connectivity index (χ4n) is 3.01. The lowest BCUT2D eigenvalue weighted by Gasteiger charge is -2.23. The van der Waals surface area contributed by atoms with Crippen LogP contribution in [0.5, 0.6) is 0 Å². The Kier molecular flexibility index (Phi) is 4.64. The van der Waals surface area contributed by atoms with Crippen molar-refractivity contribution in [3.05, 3.63) is 41.6 Å². The maximum Gasteiger partial charge on any atom is 0.410 e. The van der Waals surface area contributed by atoms with Crippen LogP contribution in [0, 0.1) is 0 Å². The Balaban J connectivity index is 1.98. The molecule has 1 aromatic carbocycles. The van der Waals surface area contributed by atoms with Gasteiger partial charge in [0.2, 0.25) is 0 Å². The minimum absolute atomic E-state index is 0.0744. The normalized spacial score (nSPS) is 16.1. The molecule has 6 nitrogen and oxygen atoms in total. The lowest BCUT2D eigenvalue weighted by atomic mass is 10.1. The molecule has 0 aliphatic carbocycles. The van der Waals surface area contributed by atoms with Gasteiger partial charge in [-0.25, -0.2) is 4.79 Å². The number of hydrogen-bond acceptors (Lipinski definition) is 5. The standard InChI is InChI=1S/C18H20N2O4/c1-3-23-16(21)10-15-17-13(11-20(15)18(22)24-4-2)9-12-7-5-6-8-14(12)19-17/h5-9,15H,3-4,10-11H2,1-2H3/t15-/m1/s1. The smallest absolute Gasteiger partial charge is 0.410 e. The van der Waals surface area contributed by atoms with Gasteiger partial charge in [-0.2, -0.15) is 0 Å². The largest absolute Gasteiger partial charge is 0.466 e. The summed E-state index contributed by atoms with van der Waals surface area (Å²) < 4.78 is 10.2. The molecule has 1 aromatic heterocycles. The van der Waals surface area contributed by atoms with E-state index in [9.17, 15) is 9.59 Å². The molecule has 0 spiro atoms. The molecule has 2 heterocycles. The van der Waals surface area contributed by atoms with Crippen molar-refractivity contribution in [2.24, 2.45) is 0 Å². The number of esters is 1. The van der Waals surface area contributed by atoms with E-state index in [1.54, 1.807) is 18.7 Å². The highest BCUT2D eigenvalue weighted by molar-refractivity contribution is 5.81. The first-order valence-corrected chi connectivity index (χ1v) is 8.11. The Bertz CT molecular complexity index is 775. The fraction of sp³-hybridized carbons (Fsp3) is 0.389. The van der Waals surface area contributed by atoms with Crippen molar-refractivity contribution in [3.8, 4) is 0 Å². The summed E-state index contributed by atoms with van der Waals surface area (Å²) >= 11 is 0. The highest BCUT2D eigenvalue weighted by Crippen LogP contribution is 2.37. The van der Waals surface area contributed by atoms with E-state index in [-0.39, 0.29) is 19.0 Å². The van der Waals surface area contributed by atoms with Crippen LogP contribution in [0.25, 0.3) is 10.9 Å². The number of para-hydroxylation sites is 1. The van der Waals surface area contributed by atoms with Crippen molar-refractivity contribution in [2.75, 3.05) is 13.2 Å². The van der Waals surface area contributed by atoms with Gasteiger partial charge in [0, 0.05) is 5.39 Å². The molecule has 24 heavy (non-hydrogen) atoms. The summed E-state index contributed by atoms with van der Waals surface area (Å²) in [5.41, 5.74) is 2.53. The first-order valence-electron chi connectivity index (χ1n) is 8.11. The number of carbonyl (C=O) groups is 2. The molecule has 1 amide bonds. The van der Waals surface area contributed by atoms with E-state index < -0.39 is 12.1 Å². The third-order valence-electron chi connectivity index (χ3n) is 4.04. The van der Waals surface area contributed by atoms with Crippen LogP contribution >= 0.6 is 0 Å². The third kappa shape index (κ3) is 3.04. The number of rotatable bonds is 4. The molecule has 1 aliphatic heterocycles. The summed E-state index contributed by atoms with van der Waals surface area (Å²) in [6, 6.07) is 9.34. The topological polar surface area (TPSA) is 68.7 Å². The highest BCUT2D eigenvalue weighted by Gasteiger charge is 2.37. The number of aromatic nitrogens is 1.